The van der Waals surface area contributed by atoms with Gasteiger partial charge in [-0.25, -0.2) is 0 Å². The first kappa shape index (κ1) is 25.6. The molecule has 1 saturated carbocycles. The highest BCUT2D eigenvalue weighted by Gasteiger charge is 2.51. The molecule has 2 aliphatic rings. The second kappa shape index (κ2) is 11.8. The third-order valence-corrected chi connectivity index (χ3v) is 5.98. The van der Waals surface area contributed by atoms with Gasteiger partial charge in [0.15, 0.2) is 0 Å². The third-order valence-electron chi connectivity index (χ3n) is 5.98. The number of carboxylic acid groups (broad SMARTS) is 1. The van der Waals surface area contributed by atoms with Crippen LogP contribution in [0.3, 0.4) is 0 Å². The third kappa shape index (κ3) is 6.93. The van der Waals surface area contributed by atoms with Crippen molar-refractivity contribution in [2.24, 2.45) is 5.41 Å². The maximum atomic E-state index is 13.3. The van der Waals surface area contributed by atoms with Crippen molar-refractivity contribution in [1.29, 1.82) is 0 Å². The van der Waals surface area contributed by atoms with E-state index in [1.165, 1.54) is 0 Å². The summed E-state index contributed by atoms with van der Waals surface area (Å²) >= 11 is 0. The molecule has 0 unspecified atom stereocenters. The minimum absolute atomic E-state index is 0.00983. The van der Waals surface area contributed by atoms with E-state index in [4.69, 9.17) is 14.6 Å². The number of nitrogens with zero attached hydrogens (tertiary/aromatic N) is 2. The van der Waals surface area contributed by atoms with Gasteiger partial charge in [0.05, 0.1) is 25.2 Å². The number of hydrogen-bond acceptors (Lipinski definition) is 6. The highest BCUT2D eigenvalue weighted by atomic mass is 16.5. The average Bonchev–Trinajstić information content (AvgIpc) is 2.72. The smallest absolute Gasteiger partial charge is 0.290 e. The topological polar surface area (TPSA) is 119 Å². The van der Waals surface area contributed by atoms with Gasteiger partial charge in [-0.2, -0.15) is 0 Å². The Hall–Kier alpha value is -2.65. The summed E-state index contributed by atoms with van der Waals surface area (Å²) in [6.45, 7) is 0.952. The molecule has 3 N–H and O–H groups in total. The predicted molar refractivity (Wildman–Crippen MR) is 119 cm³/mol. The van der Waals surface area contributed by atoms with Gasteiger partial charge >= 0.3 is 0 Å². The van der Waals surface area contributed by atoms with E-state index in [0.29, 0.717) is 26.1 Å². The number of nitrogens with one attached hydrogen (secondary N) is 1. The lowest BCUT2D eigenvalue weighted by Crippen LogP contribution is -2.67. The van der Waals surface area contributed by atoms with Gasteiger partial charge in [0.25, 0.3) is 6.47 Å². The fourth-order valence-corrected chi connectivity index (χ4v) is 4.30. The van der Waals surface area contributed by atoms with E-state index in [9.17, 15) is 14.7 Å². The molecule has 3 rings (SSSR count). The van der Waals surface area contributed by atoms with Gasteiger partial charge in [-0.3, -0.25) is 14.4 Å². The lowest BCUT2D eigenvalue weighted by atomic mass is 9.73. The van der Waals surface area contributed by atoms with Crippen LogP contribution < -0.4 is 10.1 Å². The molecule has 0 bridgehead atoms. The minimum Gasteiger partial charge on any atom is -0.497 e. The quantitative estimate of drug-likeness (QED) is 0.526. The van der Waals surface area contributed by atoms with Gasteiger partial charge in [0.2, 0.25) is 11.8 Å². The molecule has 9 nitrogen and oxygen atoms in total. The van der Waals surface area contributed by atoms with Gasteiger partial charge in [-0.15, -0.1) is 0 Å². The van der Waals surface area contributed by atoms with Crippen LogP contribution in [-0.2, 0) is 20.8 Å². The number of methoxy groups -OCH3 is 1. The van der Waals surface area contributed by atoms with Gasteiger partial charge in [-0.1, -0.05) is 12.1 Å². The number of carbonyl (C=O) groups is 3. The maximum absolute atomic E-state index is 13.3. The summed E-state index contributed by atoms with van der Waals surface area (Å²) in [7, 11) is 5.36. The first-order valence-corrected chi connectivity index (χ1v) is 10.9. The maximum Gasteiger partial charge on any atom is 0.290 e. The number of amides is 2. The van der Waals surface area contributed by atoms with Crippen molar-refractivity contribution in [3.05, 3.63) is 29.8 Å². The molecule has 1 aromatic rings. The van der Waals surface area contributed by atoms with Crippen molar-refractivity contribution < 1.29 is 29.3 Å². The molecule has 2 amide bonds. The summed E-state index contributed by atoms with van der Waals surface area (Å²) in [6.07, 6.45) is 3.35. The van der Waals surface area contributed by atoms with E-state index in [-0.39, 0.29) is 30.4 Å². The molecule has 1 aromatic carbocycles. The number of likely N-dealkylation sites (tertiary alicyclic amines) is 1. The van der Waals surface area contributed by atoms with E-state index in [0.717, 1.165) is 37.0 Å². The normalized spacial score (nSPS) is 21.6. The SMILES string of the molecule is COc1cccc(CC2(C(=O)NC3CCC(O)CC3)CN(C(=O)CN(C)C)C2)c1.O=CO. The summed E-state index contributed by atoms with van der Waals surface area (Å²) in [5, 5.41) is 19.8. The molecule has 32 heavy (non-hydrogen) atoms. The molecule has 178 valence electrons. The number of benzene rings is 1. The Balaban J connectivity index is 0.00000114. The Kier molecular flexibility index (Phi) is 9.46. The fourth-order valence-electron chi connectivity index (χ4n) is 4.30. The second-order valence-corrected chi connectivity index (χ2v) is 8.88. The van der Waals surface area contributed by atoms with E-state index >= 15 is 0 Å². The van der Waals surface area contributed by atoms with Gasteiger partial charge in [0.1, 0.15) is 5.75 Å². The van der Waals surface area contributed by atoms with Crippen molar-refractivity contribution in [3.63, 3.8) is 0 Å². The first-order valence-electron chi connectivity index (χ1n) is 10.9. The zero-order chi connectivity index (χ0) is 23.7. The Morgan fingerprint density at radius 3 is 2.44 bits per heavy atom. The van der Waals surface area contributed by atoms with E-state index in [1.54, 1.807) is 12.0 Å². The molecule has 9 heteroatoms. The number of hydrogen-bond donors (Lipinski definition) is 3. The van der Waals surface area contributed by atoms with Crippen LogP contribution in [0.2, 0.25) is 0 Å². The first-order chi connectivity index (χ1) is 15.2. The minimum atomic E-state index is -0.621. The van der Waals surface area contributed by atoms with Gasteiger partial charge in [-0.05, 0) is 63.9 Å². The second-order valence-electron chi connectivity index (χ2n) is 8.88. The number of likely N-dealkylation sites (N-methyl/N-ethyl adjacent to an activating group) is 1. The molecule has 1 aliphatic carbocycles. The zero-order valence-electron chi connectivity index (χ0n) is 19.1. The van der Waals surface area contributed by atoms with Crippen LogP contribution in [0.1, 0.15) is 31.2 Å². The molecular formula is C23H35N3O6. The van der Waals surface area contributed by atoms with Crippen molar-refractivity contribution in [2.45, 2.75) is 44.2 Å². The Bertz CT molecular complexity index is 771. The Morgan fingerprint density at radius 1 is 1.25 bits per heavy atom. The lowest BCUT2D eigenvalue weighted by Gasteiger charge is -2.50. The van der Waals surface area contributed by atoms with Crippen LogP contribution in [0, 0.1) is 5.41 Å². The van der Waals surface area contributed by atoms with E-state index < -0.39 is 5.41 Å². The van der Waals surface area contributed by atoms with Crippen molar-refractivity contribution in [3.8, 4) is 5.75 Å². The van der Waals surface area contributed by atoms with E-state index in [1.807, 2.05) is 43.3 Å². The van der Waals surface area contributed by atoms with Crippen molar-refractivity contribution in [1.82, 2.24) is 15.1 Å². The van der Waals surface area contributed by atoms with Crippen LogP contribution in [0.25, 0.3) is 0 Å². The molecule has 1 heterocycles. The summed E-state index contributed by atoms with van der Waals surface area (Å²) in [5.41, 5.74) is 0.406. The van der Waals surface area contributed by atoms with Crippen molar-refractivity contribution in [2.75, 3.05) is 40.8 Å². The summed E-state index contributed by atoms with van der Waals surface area (Å²) < 4.78 is 5.32. The highest BCUT2D eigenvalue weighted by Crippen LogP contribution is 2.36. The van der Waals surface area contributed by atoms with Gasteiger partial charge < -0.3 is 30.1 Å². The van der Waals surface area contributed by atoms with Crippen LogP contribution >= 0.6 is 0 Å². The highest BCUT2D eigenvalue weighted by molar-refractivity contribution is 5.88. The predicted octanol–water partition coefficient (Wildman–Crippen LogP) is 0.748. The van der Waals surface area contributed by atoms with Crippen LogP contribution in [0.15, 0.2) is 24.3 Å². The number of aliphatic hydroxyl groups is 1. The Morgan fingerprint density at radius 2 is 1.88 bits per heavy atom. The van der Waals surface area contributed by atoms with E-state index in [2.05, 4.69) is 5.32 Å². The van der Waals surface area contributed by atoms with Crippen LogP contribution in [0.4, 0.5) is 0 Å². The molecule has 1 aliphatic heterocycles. The van der Waals surface area contributed by atoms with Crippen LogP contribution in [-0.4, -0.2) is 91.3 Å². The average molecular weight is 450 g/mol. The van der Waals surface area contributed by atoms with Gasteiger partial charge in [0, 0.05) is 19.1 Å². The van der Waals surface area contributed by atoms with Crippen LogP contribution in [0.5, 0.6) is 5.75 Å². The fraction of sp³-hybridized carbons (Fsp3) is 0.609. The number of carbonyl (C=O) groups excluding carboxylic acids is 2. The lowest BCUT2D eigenvalue weighted by molar-refractivity contribution is -0.154. The number of ether oxygens (including phenoxy) is 1. The van der Waals surface area contributed by atoms with Crippen molar-refractivity contribution >= 4 is 18.3 Å². The molecule has 0 atom stereocenters. The monoisotopic (exact) mass is 449 g/mol. The standard InChI is InChI=1S/C22H33N3O4.CH2O2/c1-24(2)13-20(27)25-14-22(15-25,12-16-5-4-6-19(11-16)29-3)21(28)23-17-7-9-18(26)10-8-17;2-1-3/h4-6,11,17-18,26H,7-10,12-15H2,1-3H3,(H,23,28);1H,(H,2,3). The molecule has 0 aromatic heterocycles. The molecule has 0 spiro atoms. The largest absolute Gasteiger partial charge is 0.497 e. The summed E-state index contributed by atoms with van der Waals surface area (Å²) in [5.74, 6) is 0.819. The Labute approximate surface area is 189 Å². The molecule has 0 radical (unpaired) electrons. The zero-order valence-corrected chi connectivity index (χ0v) is 19.1. The molecule has 1 saturated heterocycles. The molecular weight excluding hydrogens is 414 g/mol. The summed E-state index contributed by atoms with van der Waals surface area (Å²) in [4.78, 5) is 37.7. The molecule has 2 fully saturated rings. The number of aliphatic hydroxyl groups excluding tert-OH is 1. The summed E-state index contributed by atoms with van der Waals surface area (Å²) in [6, 6.07) is 7.86. The number of rotatable bonds is 7.